The van der Waals surface area contributed by atoms with Crippen LogP contribution in [-0.4, -0.2) is 11.9 Å². The summed E-state index contributed by atoms with van der Waals surface area (Å²) in [5.41, 5.74) is 0. The topological polar surface area (TPSA) is 52.6 Å². The van der Waals surface area contributed by atoms with Crippen LogP contribution in [0.2, 0.25) is 0 Å². The Balaban J connectivity index is 4.68. The van der Waals surface area contributed by atoms with Gasteiger partial charge in [0.25, 0.3) is 0 Å². The zero-order valence-electron chi connectivity index (χ0n) is 5.14. The lowest BCUT2D eigenvalue weighted by Gasteiger charge is -1.95. The summed E-state index contributed by atoms with van der Waals surface area (Å²) in [4.78, 5) is 21.0. The molecule has 0 fully saturated rings. The van der Waals surface area contributed by atoms with Gasteiger partial charge in [0.15, 0.2) is 10.1 Å². The van der Waals surface area contributed by atoms with Gasteiger partial charge in [0, 0.05) is 0 Å². The molecule has 0 aromatic carbocycles. The minimum atomic E-state index is -1.18. The van der Waals surface area contributed by atoms with Crippen LogP contribution < -0.4 is 0 Å². The molecule has 8 heteroatoms. The predicted molar refractivity (Wildman–Crippen MR) is 42.6 cm³/mol. The first-order chi connectivity index (χ1) is 5.54. The molecule has 4 nitrogen and oxygen atoms in total. The first kappa shape index (κ1) is 11.8. The van der Waals surface area contributed by atoms with E-state index in [0.717, 1.165) is 0 Å². The van der Waals surface area contributed by atoms with Crippen LogP contribution >= 0.6 is 46.9 Å². The number of hydrogen-bond acceptors (Lipinski definition) is 4. The van der Waals surface area contributed by atoms with Gasteiger partial charge in [-0.05, 0) is 0 Å². The highest BCUT2D eigenvalue weighted by molar-refractivity contribution is 6.54. The minimum Gasteiger partial charge on any atom is -0.342 e. The van der Waals surface area contributed by atoms with Crippen LogP contribution in [0.5, 0.6) is 0 Å². The second kappa shape index (κ2) is 5.48. The Kier molecular flexibility index (Phi) is 5.41. The fourth-order valence-corrected chi connectivity index (χ4v) is 0.712. The Morgan fingerprint density at radius 2 is 1.08 bits per heavy atom. The Labute approximate surface area is 87.3 Å². The molecule has 68 valence electrons. The summed E-state index contributed by atoms with van der Waals surface area (Å²) in [6.45, 7) is 0. The number of hydrogen-bond donors (Lipinski definition) is 0. The third kappa shape index (κ3) is 3.06. The summed E-state index contributed by atoms with van der Waals surface area (Å²) in [6.07, 6.45) is 0. The van der Waals surface area contributed by atoms with E-state index >= 15 is 0 Å². The maximum Gasteiger partial charge on any atom is 0.369 e. The van der Waals surface area contributed by atoms with E-state index in [1.165, 1.54) is 0 Å². The Bertz CT molecular complexity index is 211. The Morgan fingerprint density at radius 1 is 0.833 bits per heavy atom. The van der Waals surface area contributed by atoms with Crippen LogP contribution in [0.4, 0.5) is 0 Å². The molecule has 0 N–H and O–H groups in total. The SMILES string of the molecule is O=C(OCl)/C(Cl)=C(/Cl)C(=O)OCl. The van der Waals surface area contributed by atoms with E-state index in [1.54, 1.807) is 0 Å². The maximum absolute atomic E-state index is 10.5. The molecular weight excluding hydrogens is 254 g/mol. The quantitative estimate of drug-likeness (QED) is 0.707. The number of rotatable bonds is 2. The second-order valence-corrected chi connectivity index (χ2v) is 2.42. The Hall–Kier alpha value is -0.160. The van der Waals surface area contributed by atoms with Crippen molar-refractivity contribution in [3.05, 3.63) is 10.1 Å². The van der Waals surface area contributed by atoms with Crippen molar-refractivity contribution in [3.8, 4) is 0 Å². The van der Waals surface area contributed by atoms with Gasteiger partial charge in [-0.25, -0.2) is 9.59 Å². The van der Waals surface area contributed by atoms with Gasteiger partial charge in [-0.1, -0.05) is 23.2 Å². The highest BCUT2D eigenvalue weighted by atomic mass is 35.5. The molecule has 0 atom stereocenters. The van der Waals surface area contributed by atoms with Crippen molar-refractivity contribution in [3.63, 3.8) is 0 Å². The van der Waals surface area contributed by atoms with E-state index in [4.69, 9.17) is 23.2 Å². The van der Waals surface area contributed by atoms with Gasteiger partial charge in [0.05, 0.1) is 0 Å². The smallest absolute Gasteiger partial charge is 0.342 e. The highest BCUT2D eigenvalue weighted by Crippen LogP contribution is 2.17. The standard InChI is InChI=1S/C4Cl4O4/c5-1(3(9)11-7)2(6)4(10)12-8/b2-1-. The lowest BCUT2D eigenvalue weighted by atomic mass is 10.5. The van der Waals surface area contributed by atoms with Crippen molar-refractivity contribution in [1.29, 1.82) is 0 Å². The summed E-state index contributed by atoms with van der Waals surface area (Å²) in [5, 5.41) is -1.42. The average Bonchev–Trinajstić information content (AvgIpc) is 2.12. The maximum atomic E-state index is 10.5. The molecule has 0 spiro atoms. The molecule has 0 saturated carbocycles. The minimum absolute atomic E-state index is 0.711. The summed E-state index contributed by atoms with van der Waals surface area (Å²) in [5.74, 6) is -2.35. The fraction of sp³-hybridized carbons (Fsp3) is 0. The number of halogens is 4. The molecular formula is C4Cl4O4. The Morgan fingerprint density at radius 3 is 1.25 bits per heavy atom. The van der Waals surface area contributed by atoms with Crippen LogP contribution in [0, 0.1) is 0 Å². The van der Waals surface area contributed by atoms with Crippen molar-refractivity contribution in [2.45, 2.75) is 0 Å². The molecule has 0 amide bonds. The van der Waals surface area contributed by atoms with E-state index < -0.39 is 22.0 Å². The highest BCUT2D eigenvalue weighted by Gasteiger charge is 2.20. The molecule has 0 aliphatic carbocycles. The van der Waals surface area contributed by atoms with Crippen molar-refractivity contribution >= 4 is 58.9 Å². The van der Waals surface area contributed by atoms with Crippen LogP contribution in [-0.2, 0) is 18.2 Å². The average molecular weight is 254 g/mol. The summed E-state index contributed by atoms with van der Waals surface area (Å²) >= 11 is 19.6. The zero-order chi connectivity index (χ0) is 9.72. The largest absolute Gasteiger partial charge is 0.369 e. The molecule has 0 rings (SSSR count). The molecule has 0 heterocycles. The molecule has 12 heavy (non-hydrogen) atoms. The molecule has 0 aliphatic heterocycles. The molecule has 0 bridgehead atoms. The molecule has 0 aromatic heterocycles. The molecule has 0 aromatic rings. The van der Waals surface area contributed by atoms with E-state index in [2.05, 4.69) is 32.3 Å². The van der Waals surface area contributed by atoms with Crippen molar-refractivity contribution in [2.24, 2.45) is 0 Å². The first-order valence-electron chi connectivity index (χ1n) is 2.25. The van der Waals surface area contributed by atoms with Gasteiger partial charge in [0.2, 0.25) is 0 Å². The van der Waals surface area contributed by atoms with Gasteiger partial charge in [-0.2, -0.15) is 0 Å². The predicted octanol–water partition coefficient (Wildman–Crippen LogP) is 2.07. The van der Waals surface area contributed by atoms with Gasteiger partial charge in [-0.3, -0.25) is 0 Å². The van der Waals surface area contributed by atoms with E-state index in [1.807, 2.05) is 0 Å². The van der Waals surface area contributed by atoms with Crippen molar-refractivity contribution < 1.29 is 18.2 Å². The summed E-state index contributed by atoms with van der Waals surface area (Å²) < 4.78 is 7.27. The van der Waals surface area contributed by atoms with E-state index in [0.29, 0.717) is 0 Å². The van der Waals surface area contributed by atoms with Crippen molar-refractivity contribution in [2.75, 3.05) is 0 Å². The first-order valence-corrected chi connectivity index (χ1v) is 3.63. The van der Waals surface area contributed by atoms with Crippen LogP contribution in [0.25, 0.3) is 0 Å². The van der Waals surface area contributed by atoms with Crippen LogP contribution in [0.1, 0.15) is 0 Å². The molecule has 0 radical (unpaired) electrons. The zero-order valence-corrected chi connectivity index (χ0v) is 8.17. The summed E-state index contributed by atoms with van der Waals surface area (Å²) in [6, 6.07) is 0. The van der Waals surface area contributed by atoms with E-state index in [9.17, 15) is 9.59 Å². The molecule has 0 aliphatic rings. The lowest BCUT2D eigenvalue weighted by Crippen LogP contribution is -2.05. The van der Waals surface area contributed by atoms with Crippen molar-refractivity contribution in [1.82, 2.24) is 0 Å². The summed E-state index contributed by atoms with van der Waals surface area (Å²) in [7, 11) is 0. The second-order valence-electron chi connectivity index (χ2n) is 1.36. The van der Waals surface area contributed by atoms with Crippen LogP contribution in [0.3, 0.4) is 0 Å². The van der Waals surface area contributed by atoms with Gasteiger partial charge in [0.1, 0.15) is 23.7 Å². The monoisotopic (exact) mass is 252 g/mol. The van der Waals surface area contributed by atoms with E-state index in [-0.39, 0.29) is 0 Å². The van der Waals surface area contributed by atoms with Crippen LogP contribution in [0.15, 0.2) is 10.1 Å². The number of carbonyl (C=O) groups excluding carboxylic acids is 2. The third-order valence-electron chi connectivity index (χ3n) is 0.691. The van der Waals surface area contributed by atoms with Gasteiger partial charge in [-0.15, -0.1) is 0 Å². The number of carbonyl (C=O) groups is 2. The molecule has 0 unspecified atom stereocenters. The molecule has 0 saturated heterocycles. The normalized spacial score (nSPS) is 11.7. The lowest BCUT2D eigenvalue weighted by molar-refractivity contribution is -0.131. The van der Waals surface area contributed by atoms with Gasteiger partial charge < -0.3 is 8.58 Å². The van der Waals surface area contributed by atoms with Gasteiger partial charge >= 0.3 is 11.9 Å². The third-order valence-corrected chi connectivity index (χ3v) is 1.75. The fourth-order valence-electron chi connectivity index (χ4n) is 0.247.